The quantitative estimate of drug-likeness (QED) is 0.711. The largest absolute Gasteiger partial charge is 0.392 e. The summed E-state index contributed by atoms with van der Waals surface area (Å²) in [5.41, 5.74) is 0. The molecule has 2 nitrogen and oxygen atoms in total. The Labute approximate surface area is 88.1 Å². The van der Waals surface area contributed by atoms with E-state index < -0.39 is 0 Å². The highest BCUT2D eigenvalue weighted by Gasteiger charge is 2.19. The smallest absolute Gasteiger partial charge is 0.0636 e. The Bertz CT molecular complexity index is 139. The van der Waals surface area contributed by atoms with Gasteiger partial charge in [0.2, 0.25) is 0 Å². The molecule has 0 aliphatic heterocycles. The van der Waals surface area contributed by atoms with Crippen molar-refractivity contribution >= 4 is 0 Å². The van der Waals surface area contributed by atoms with Crippen molar-refractivity contribution in [3.05, 3.63) is 0 Å². The third-order valence-electron chi connectivity index (χ3n) is 3.42. The lowest BCUT2D eigenvalue weighted by atomic mass is 9.81. The Balaban J connectivity index is 2.04. The second-order valence-electron chi connectivity index (χ2n) is 4.80. The highest BCUT2D eigenvalue weighted by atomic mass is 16.3. The first-order chi connectivity index (χ1) is 6.72. The van der Waals surface area contributed by atoms with Crippen molar-refractivity contribution in [3.63, 3.8) is 0 Å². The molecule has 1 aliphatic carbocycles. The second kappa shape index (κ2) is 6.41. The van der Waals surface area contributed by atoms with E-state index >= 15 is 0 Å². The molecule has 1 atom stereocenters. The Morgan fingerprint density at radius 2 is 1.79 bits per heavy atom. The minimum atomic E-state index is -0.206. The number of hydrogen-bond donors (Lipinski definition) is 2. The molecule has 0 heterocycles. The summed E-state index contributed by atoms with van der Waals surface area (Å²) >= 11 is 0. The van der Waals surface area contributed by atoms with Gasteiger partial charge >= 0.3 is 0 Å². The van der Waals surface area contributed by atoms with Gasteiger partial charge in [0.25, 0.3) is 0 Å². The molecule has 1 saturated carbocycles. The van der Waals surface area contributed by atoms with E-state index in [1.807, 2.05) is 6.92 Å². The number of hydrogen-bond acceptors (Lipinski definition) is 2. The van der Waals surface area contributed by atoms with Crippen LogP contribution in [0.3, 0.4) is 0 Å². The molecule has 2 heteroatoms. The Morgan fingerprint density at radius 1 is 1.21 bits per heavy atom. The first-order valence-electron chi connectivity index (χ1n) is 6.11. The summed E-state index contributed by atoms with van der Waals surface area (Å²) in [6, 6.07) is 0. The summed E-state index contributed by atoms with van der Waals surface area (Å²) in [5, 5.41) is 12.4. The summed E-state index contributed by atoms with van der Waals surface area (Å²) < 4.78 is 0. The van der Waals surface area contributed by atoms with Crippen LogP contribution in [0.25, 0.3) is 0 Å². The average Bonchev–Trinajstić information content (AvgIpc) is 2.18. The SMILES string of the molecule is CCC1CCC(CNC[C@@H](C)O)CC1. The van der Waals surface area contributed by atoms with Crippen LogP contribution >= 0.6 is 0 Å². The van der Waals surface area contributed by atoms with E-state index in [9.17, 15) is 0 Å². The van der Waals surface area contributed by atoms with E-state index in [1.165, 1.54) is 32.1 Å². The van der Waals surface area contributed by atoms with Gasteiger partial charge in [0.1, 0.15) is 0 Å². The van der Waals surface area contributed by atoms with Crippen LogP contribution in [-0.2, 0) is 0 Å². The van der Waals surface area contributed by atoms with E-state index in [0.717, 1.165) is 24.9 Å². The van der Waals surface area contributed by atoms with Gasteiger partial charge in [0, 0.05) is 6.54 Å². The van der Waals surface area contributed by atoms with Crippen LogP contribution in [0.2, 0.25) is 0 Å². The van der Waals surface area contributed by atoms with Crippen molar-refractivity contribution in [3.8, 4) is 0 Å². The topological polar surface area (TPSA) is 32.3 Å². The molecule has 2 N–H and O–H groups in total. The fourth-order valence-electron chi connectivity index (χ4n) is 2.34. The summed E-state index contributed by atoms with van der Waals surface area (Å²) in [5.74, 6) is 1.85. The number of rotatable bonds is 5. The summed E-state index contributed by atoms with van der Waals surface area (Å²) in [6.45, 7) is 5.98. The van der Waals surface area contributed by atoms with Gasteiger partial charge in [0.05, 0.1) is 6.10 Å². The Morgan fingerprint density at radius 3 is 2.29 bits per heavy atom. The molecule has 0 unspecified atom stereocenters. The average molecular weight is 199 g/mol. The molecule has 0 aromatic rings. The maximum atomic E-state index is 9.10. The molecule has 1 fully saturated rings. The highest BCUT2D eigenvalue weighted by molar-refractivity contribution is 4.73. The molecule has 0 spiro atoms. The van der Waals surface area contributed by atoms with E-state index in [1.54, 1.807) is 0 Å². The number of aliphatic hydroxyl groups excluding tert-OH is 1. The molecule has 0 saturated heterocycles. The number of aliphatic hydroxyl groups is 1. The molecule has 84 valence electrons. The van der Waals surface area contributed by atoms with Crippen LogP contribution in [0.4, 0.5) is 0 Å². The first kappa shape index (κ1) is 12.0. The maximum Gasteiger partial charge on any atom is 0.0636 e. The standard InChI is InChI=1S/C12H25NO/c1-3-11-4-6-12(7-5-11)9-13-8-10(2)14/h10-14H,3-9H2,1-2H3/t10-,11?,12?/m1/s1. The normalized spacial score (nSPS) is 30.2. The van der Waals surface area contributed by atoms with E-state index in [4.69, 9.17) is 5.11 Å². The van der Waals surface area contributed by atoms with Crippen LogP contribution in [0.15, 0.2) is 0 Å². The molecular weight excluding hydrogens is 174 g/mol. The molecule has 14 heavy (non-hydrogen) atoms. The van der Waals surface area contributed by atoms with Crippen molar-refractivity contribution < 1.29 is 5.11 Å². The summed E-state index contributed by atoms with van der Waals surface area (Å²) in [6.07, 6.45) is 6.74. The van der Waals surface area contributed by atoms with Crippen LogP contribution in [0.5, 0.6) is 0 Å². The van der Waals surface area contributed by atoms with Crippen LogP contribution < -0.4 is 5.32 Å². The molecule has 1 aliphatic rings. The van der Waals surface area contributed by atoms with Crippen LogP contribution in [-0.4, -0.2) is 24.3 Å². The molecule has 0 amide bonds. The maximum absolute atomic E-state index is 9.10. The van der Waals surface area contributed by atoms with Crippen molar-refractivity contribution in [1.29, 1.82) is 0 Å². The van der Waals surface area contributed by atoms with Gasteiger partial charge in [-0.25, -0.2) is 0 Å². The highest BCUT2D eigenvalue weighted by Crippen LogP contribution is 2.29. The molecule has 0 aromatic heterocycles. The lowest BCUT2D eigenvalue weighted by molar-refractivity contribution is 0.184. The lowest BCUT2D eigenvalue weighted by Crippen LogP contribution is -2.31. The first-order valence-corrected chi connectivity index (χ1v) is 6.11. The van der Waals surface area contributed by atoms with Crippen LogP contribution in [0.1, 0.15) is 46.0 Å². The lowest BCUT2D eigenvalue weighted by Gasteiger charge is -2.28. The van der Waals surface area contributed by atoms with Gasteiger partial charge in [-0.2, -0.15) is 0 Å². The summed E-state index contributed by atoms with van der Waals surface area (Å²) in [4.78, 5) is 0. The van der Waals surface area contributed by atoms with Gasteiger partial charge in [-0.15, -0.1) is 0 Å². The van der Waals surface area contributed by atoms with Crippen molar-refractivity contribution in [2.45, 2.75) is 52.1 Å². The fraction of sp³-hybridized carbons (Fsp3) is 1.00. The second-order valence-corrected chi connectivity index (χ2v) is 4.80. The minimum Gasteiger partial charge on any atom is -0.392 e. The van der Waals surface area contributed by atoms with Crippen molar-refractivity contribution in [1.82, 2.24) is 5.32 Å². The summed E-state index contributed by atoms with van der Waals surface area (Å²) in [7, 11) is 0. The van der Waals surface area contributed by atoms with Gasteiger partial charge in [0.15, 0.2) is 0 Å². The van der Waals surface area contributed by atoms with Gasteiger partial charge in [-0.3, -0.25) is 0 Å². The zero-order valence-electron chi connectivity index (χ0n) is 9.63. The molecule has 0 aromatic carbocycles. The molecule has 1 rings (SSSR count). The third kappa shape index (κ3) is 4.43. The van der Waals surface area contributed by atoms with Crippen molar-refractivity contribution in [2.75, 3.05) is 13.1 Å². The van der Waals surface area contributed by atoms with Crippen molar-refractivity contribution in [2.24, 2.45) is 11.8 Å². The molecular formula is C12H25NO. The fourth-order valence-corrected chi connectivity index (χ4v) is 2.34. The zero-order chi connectivity index (χ0) is 10.4. The molecule has 0 radical (unpaired) electrons. The van der Waals surface area contributed by atoms with E-state index in [0.29, 0.717) is 0 Å². The van der Waals surface area contributed by atoms with Gasteiger partial charge in [-0.05, 0) is 38.1 Å². The number of nitrogens with one attached hydrogen (secondary N) is 1. The van der Waals surface area contributed by atoms with E-state index in [-0.39, 0.29) is 6.10 Å². The van der Waals surface area contributed by atoms with Gasteiger partial charge < -0.3 is 10.4 Å². The van der Waals surface area contributed by atoms with Gasteiger partial charge in [-0.1, -0.05) is 26.2 Å². The van der Waals surface area contributed by atoms with E-state index in [2.05, 4.69) is 12.2 Å². The monoisotopic (exact) mass is 199 g/mol. The predicted octanol–water partition coefficient (Wildman–Crippen LogP) is 2.17. The zero-order valence-corrected chi connectivity index (χ0v) is 9.63. The molecule has 0 bridgehead atoms. The Hall–Kier alpha value is -0.0800. The Kier molecular flexibility index (Phi) is 5.49. The minimum absolute atomic E-state index is 0.206. The third-order valence-corrected chi connectivity index (χ3v) is 3.42. The van der Waals surface area contributed by atoms with Crippen LogP contribution in [0, 0.1) is 11.8 Å². The predicted molar refractivity (Wildman–Crippen MR) is 60.3 cm³/mol.